The Hall–Kier alpha value is -1.99. The largest absolute Gasteiger partial charge is 0.477 e. The summed E-state index contributed by atoms with van der Waals surface area (Å²) in [7, 11) is 1.01. The molecule has 1 heterocycles. The number of ether oxygens (including phenoxy) is 2. The van der Waals surface area contributed by atoms with Crippen LogP contribution < -0.4 is 5.32 Å². The molecule has 0 aromatic rings. The molecule has 1 aliphatic heterocycles. The summed E-state index contributed by atoms with van der Waals surface area (Å²) in [6.45, 7) is -1.50. The molecule has 0 bridgehead atoms. The summed E-state index contributed by atoms with van der Waals surface area (Å²) in [6, 6.07) is -1.36. The number of carbonyl (C=O) groups is 2. The number of azide groups is 1. The van der Waals surface area contributed by atoms with Crippen molar-refractivity contribution in [2.24, 2.45) is 5.11 Å². The van der Waals surface area contributed by atoms with Crippen LogP contribution in [0.5, 0.6) is 0 Å². The molecule has 1 fully saturated rings. The summed E-state index contributed by atoms with van der Waals surface area (Å²) in [5, 5.41) is 53.5. The Bertz CT molecular complexity index is 541. The molecule has 4 unspecified atom stereocenters. The predicted molar refractivity (Wildman–Crippen MR) is 77.9 cm³/mol. The van der Waals surface area contributed by atoms with Crippen molar-refractivity contribution in [3.63, 3.8) is 0 Å². The zero-order chi connectivity index (χ0) is 19.2. The van der Waals surface area contributed by atoms with E-state index in [2.05, 4.69) is 15.3 Å². The molecule has 0 aliphatic carbocycles. The first-order valence-electron chi connectivity index (χ1n) is 7.14. The van der Waals surface area contributed by atoms with Crippen LogP contribution in [0.15, 0.2) is 5.11 Å². The number of nitrogens with zero attached hydrogens (tertiary/aromatic N) is 3. The first kappa shape index (κ1) is 21.1. The summed E-state index contributed by atoms with van der Waals surface area (Å²) >= 11 is 0. The molecule has 25 heavy (non-hydrogen) atoms. The third kappa shape index (κ3) is 4.76. The van der Waals surface area contributed by atoms with Gasteiger partial charge in [-0.1, -0.05) is 5.11 Å². The van der Waals surface area contributed by atoms with Gasteiger partial charge in [0.15, 0.2) is 0 Å². The molecular weight excluding hydrogens is 344 g/mol. The van der Waals surface area contributed by atoms with Crippen molar-refractivity contribution in [3.05, 3.63) is 10.4 Å². The highest BCUT2D eigenvalue weighted by Gasteiger charge is 2.55. The van der Waals surface area contributed by atoms with Gasteiger partial charge in [-0.2, -0.15) is 0 Å². The number of hydrogen-bond donors (Lipinski definition) is 6. The average molecular weight is 364 g/mol. The van der Waals surface area contributed by atoms with Crippen molar-refractivity contribution in [2.45, 2.75) is 42.7 Å². The zero-order valence-electron chi connectivity index (χ0n) is 13.2. The minimum absolute atomic E-state index is 0.594. The van der Waals surface area contributed by atoms with Crippen LogP contribution in [0.4, 0.5) is 0 Å². The predicted octanol–water partition coefficient (Wildman–Crippen LogP) is -2.93. The number of carboxylic acids is 1. The molecule has 6 N–H and O–H groups in total. The molecule has 0 radical (unpaired) electrons. The third-order valence-corrected chi connectivity index (χ3v) is 3.75. The van der Waals surface area contributed by atoms with Gasteiger partial charge in [-0.3, -0.25) is 4.79 Å². The summed E-state index contributed by atoms with van der Waals surface area (Å²) in [5.41, 5.74) is 8.20. The lowest BCUT2D eigenvalue weighted by atomic mass is 9.88. The monoisotopic (exact) mass is 364 g/mol. The number of carboxylic acid groups (broad SMARTS) is 1. The molecule has 1 rings (SSSR count). The first-order chi connectivity index (χ1) is 11.7. The van der Waals surface area contributed by atoms with E-state index < -0.39 is 67.7 Å². The van der Waals surface area contributed by atoms with Gasteiger partial charge in [-0.25, -0.2) is 4.79 Å². The molecule has 6 atom stereocenters. The van der Waals surface area contributed by atoms with Crippen molar-refractivity contribution in [2.75, 3.05) is 20.3 Å². The van der Waals surface area contributed by atoms with Crippen LogP contribution >= 0.6 is 0 Å². The number of rotatable bonds is 8. The van der Waals surface area contributed by atoms with Crippen LogP contribution in [-0.4, -0.2) is 93.9 Å². The van der Waals surface area contributed by atoms with Crippen molar-refractivity contribution >= 4 is 11.9 Å². The maximum atomic E-state index is 11.7. The Labute approximate surface area is 141 Å². The van der Waals surface area contributed by atoms with Crippen molar-refractivity contribution < 1.29 is 44.6 Å². The molecule has 1 aliphatic rings. The third-order valence-electron chi connectivity index (χ3n) is 3.75. The molecule has 0 saturated carbocycles. The molecule has 142 valence electrons. The van der Waals surface area contributed by atoms with E-state index in [4.69, 9.17) is 20.1 Å². The van der Waals surface area contributed by atoms with E-state index in [9.17, 15) is 30.0 Å². The van der Waals surface area contributed by atoms with E-state index in [0.29, 0.717) is 0 Å². The number of aliphatic hydroxyl groups is 4. The highest BCUT2D eigenvalue weighted by molar-refractivity contribution is 5.79. The average Bonchev–Trinajstić information content (AvgIpc) is 2.59. The minimum Gasteiger partial charge on any atom is -0.477 e. The molecule has 1 amide bonds. The summed E-state index contributed by atoms with van der Waals surface area (Å²) < 4.78 is 10.0. The van der Waals surface area contributed by atoms with Gasteiger partial charge in [0.2, 0.25) is 5.91 Å². The SMILES string of the molecule is CO[C@]1(C(=O)O)CC(O)[C@@H](NC(=O)CN=[N+]=[N-])C(C(O)C(O)CO)O1. The van der Waals surface area contributed by atoms with Gasteiger partial charge >= 0.3 is 5.97 Å². The van der Waals surface area contributed by atoms with Gasteiger partial charge in [-0.05, 0) is 5.53 Å². The van der Waals surface area contributed by atoms with Gasteiger partial charge in [-0.15, -0.1) is 0 Å². The van der Waals surface area contributed by atoms with Crippen molar-refractivity contribution in [1.82, 2.24) is 5.32 Å². The van der Waals surface area contributed by atoms with Crippen LogP contribution in [-0.2, 0) is 19.1 Å². The van der Waals surface area contributed by atoms with Crippen molar-refractivity contribution in [3.8, 4) is 0 Å². The second-order valence-corrected chi connectivity index (χ2v) is 5.34. The molecule has 13 heteroatoms. The Morgan fingerprint density at radius 3 is 2.64 bits per heavy atom. The summed E-state index contributed by atoms with van der Waals surface area (Å²) in [6.07, 6.45) is -7.39. The molecule has 13 nitrogen and oxygen atoms in total. The standard InChI is InChI=1S/C12H20N4O9/c1-24-12(11(22)23)2-5(18)8(15-7(20)3-14-16-13)10(25-12)9(21)6(19)4-17/h5-6,8-10,17-19,21H,2-4H2,1H3,(H,15,20)(H,22,23)/t5?,6?,8-,9?,10?,12-/m1/s1. The van der Waals surface area contributed by atoms with Crippen LogP contribution in [0.3, 0.4) is 0 Å². The molecule has 1 saturated heterocycles. The number of amides is 1. The highest BCUT2D eigenvalue weighted by atomic mass is 16.7. The topological polar surface area (TPSA) is 215 Å². The van der Waals surface area contributed by atoms with Gasteiger partial charge in [0.05, 0.1) is 18.8 Å². The van der Waals surface area contributed by atoms with Gasteiger partial charge < -0.3 is 40.3 Å². The van der Waals surface area contributed by atoms with E-state index in [1.54, 1.807) is 0 Å². The molecule has 0 aromatic heterocycles. The number of nitrogens with one attached hydrogen (secondary N) is 1. The first-order valence-corrected chi connectivity index (χ1v) is 7.14. The molecule has 0 spiro atoms. The normalized spacial score (nSPS) is 31.5. The quantitative estimate of drug-likeness (QED) is 0.147. The van der Waals surface area contributed by atoms with Crippen LogP contribution in [0, 0.1) is 0 Å². The fourth-order valence-corrected chi connectivity index (χ4v) is 2.43. The summed E-state index contributed by atoms with van der Waals surface area (Å²) in [5.74, 6) is -4.75. The fourth-order valence-electron chi connectivity index (χ4n) is 2.43. The van der Waals surface area contributed by atoms with Crippen LogP contribution in [0.2, 0.25) is 0 Å². The molecule has 0 aromatic carbocycles. The van der Waals surface area contributed by atoms with Gasteiger partial charge in [0.25, 0.3) is 5.79 Å². The smallest absolute Gasteiger partial charge is 0.364 e. The maximum Gasteiger partial charge on any atom is 0.364 e. The van der Waals surface area contributed by atoms with E-state index in [1.165, 1.54) is 0 Å². The Kier molecular flexibility index (Phi) is 7.51. The van der Waals surface area contributed by atoms with Crippen molar-refractivity contribution in [1.29, 1.82) is 0 Å². The van der Waals surface area contributed by atoms with Gasteiger partial charge in [0, 0.05) is 18.4 Å². The lowest BCUT2D eigenvalue weighted by Gasteiger charge is -2.46. The number of hydrogen-bond acceptors (Lipinski definition) is 9. The van der Waals surface area contributed by atoms with Crippen LogP contribution in [0.1, 0.15) is 6.42 Å². The molecular formula is C12H20N4O9. The number of aliphatic carboxylic acids is 1. The highest BCUT2D eigenvalue weighted by Crippen LogP contribution is 2.32. The van der Waals surface area contributed by atoms with E-state index in [1.807, 2.05) is 0 Å². The Morgan fingerprint density at radius 2 is 2.16 bits per heavy atom. The second-order valence-electron chi connectivity index (χ2n) is 5.34. The lowest BCUT2D eigenvalue weighted by Crippen LogP contribution is -2.68. The van der Waals surface area contributed by atoms with Crippen LogP contribution in [0.25, 0.3) is 10.4 Å². The van der Waals surface area contributed by atoms with E-state index in [-0.39, 0.29) is 0 Å². The Balaban J connectivity index is 3.13. The lowest BCUT2D eigenvalue weighted by molar-refractivity contribution is -0.303. The number of methoxy groups -OCH3 is 1. The summed E-state index contributed by atoms with van der Waals surface area (Å²) in [4.78, 5) is 25.5. The van der Waals surface area contributed by atoms with E-state index in [0.717, 1.165) is 7.11 Å². The Morgan fingerprint density at radius 1 is 1.52 bits per heavy atom. The zero-order valence-corrected chi connectivity index (χ0v) is 13.2. The second kappa shape index (κ2) is 8.92. The van der Waals surface area contributed by atoms with Gasteiger partial charge in [0.1, 0.15) is 24.9 Å². The minimum atomic E-state index is -2.33. The maximum absolute atomic E-state index is 11.7. The number of carbonyl (C=O) groups excluding carboxylic acids is 1. The fraction of sp³-hybridized carbons (Fsp3) is 0.833. The van der Waals surface area contributed by atoms with E-state index >= 15 is 0 Å². The number of aliphatic hydroxyl groups excluding tert-OH is 4.